The number of ether oxygens (including phenoxy) is 1. The standard InChI is InChI=1S/C18H22BrNO/c1-13(2)16-6-4-5-7-18(16)21-12-15-9-8-14(11-20-3)10-17(15)19/h4-10,13,20H,11-12H2,1-3H3. The number of halogens is 1. The highest BCUT2D eigenvalue weighted by atomic mass is 79.9. The Morgan fingerprint density at radius 2 is 1.90 bits per heavy atom. The Kier molecular flexibility index (Phi) is 5.83. The monoisotopic (exact) mass is 347 g/mol. The van der Waals surface area contributed by atoms with Crippen LogP contribution in [0.5, 0.6) is 5.75 Å². The molecule has 112 valence electrons. The summed E-state index contributed by atoms with van der Waals surface area (Å²) in [6.45, 7) is 5.81. The summed E-state index contributed by atoms with van der Waals surface area (Å²) >= 11 is 3.63. The minimum atomic E-state index is 0.461. The van der Waals surface area contributed by atoms with Crippen LogP contribution < -0.4 is 10.1 Å². The SMILES string of the molecule is CNCc1ccc(COc2ccccc2C(C)C)c(Br)c1. The van der Waals surface area contributed by atoms with Gasteiger partial charge in [-0.05, 0) is 36.2 Å². The summed E-state index contributed by atoms with van der Waals surface area (Å²) in [7, 11) is 1.95. The Morgan fingerprint density at radius 3 is 2.57 bits per heavy atom. The number of rotatable bonds is 6. The molecule has 2 nitrogen and oxygen atoms in total. The van der Waals surface area contributed by atoms with Gasteiger partial charge in [0.15, 0.2) is 0 Å². The molecule has 1 N–H and O–H groups in total. The molecule has 0 aliphatic rings. The van der Waals surface area contributed by atoms with Gasteiger partial charge < -0.3 is 10.1 Å². The van der Waals surface area contributed by atoms with Crippen LogP contribution in [-0.2, 0) is 13.2 Å². The Labute approximate surface area is 135 Å². The first-order chi connectivity index (χ1) is 10.1. The van der Waals surface area contributed by atoms with Crippen LogP contribution in [0.3, 0.4) is 0 Å². The molecule has 0 fully saturated rings. The molecule has 0 atom stereocenters. The van der Waals surface area contributed by atoms with Gasteiger partial charge in [-0.2, -0.15) is 0 Å². The van der Waals surface area contributed by atoms with E-state index in [0.29, 0.717) is 12.5 Å². The third kappa shape index (κ3) is 4.32. The molecule has 21 heavy (non-hydrogen) atoms. The van der Waals surface area contributed by atoms with Crippen LogP contribution in [0.2, 0.25) is 0 Å². The molecule has 0 saturated heterocycles. The van der Waals surface area contributed by atoms with Crippen LogP contribution in [0.4, 0.5) is 0 Å². The van der Waals surface area contributed by atoms with Crippen molar-refractivity contribution in [2.24, 2.45) is 0 Å². The van der Waals surface area contributed by atoms with Gasteiger partial charge in [0.25, 0.3) is 0 Å². The zero-order chi connectivity index (χ0) is 15.2. The van der Waals surface area contributed by atoms with E-state index in [1.807, 2.05) is 19.2 Å². The first-order valence-corrected chi connectivity index (χ1v) is 8.04. The van der Waals surface area contributed by atoms with E-state index < -0.39 is 0 Å². The highest BCUT2D eigenvalue weighted by Gasteiger charge is 2.08. The number of hydrogen-bond donors (Lipinski definition) is 1. The molecular formula is C18H22BrNO. The third-order valence-corrected chi connectivity index (χ3v) is 4.16. The van der Waals surface area contributed by atoms with Crippen LogP contribution in [0.1, 0.15) is 36.5 Å². The summed E-state index contributed by atoms with van der Waals surface area (Å²) in [5.74, 6) is 1.43. The van der Waals surface area contributed by atoms with Crippen molar-refractivity contribution in [2.75, 3.05) is 7.05 Å². The summed E-state index contributed by atoms with van der Waals surface area (Å²) < 4.78 is 7.11. The van der Waals surface area contributed by atoms with Gasteiger partial charge in [-0.25, -0.2) is 0 Å². The highest BCUT2D eigenvalue weighted by Crippen LogP contribution is 2.27. The lowest BCUT2D eigenvalue weighted by molar-refractivity contribution is 0.301. The average Bonchev–Trinajstić information content (AvgIpc) is 2.47. The first-order valence-electron chi connectivity index (χ1n) is 7.25. The number of nitrogens with one attached hydrogen (secondary N) is 1. The minimum absolute atomic E-state index is 0.461. The summed E-state index contributed by atoms with van der Waals surface area (Å²) in [6, 6.07) is 14.6. The second-order valence-electron chi connectivity index (χ2n) is 5.44. The molecule has 0 radical (unpaired) electrons. The topological polar surface area (TPSA) is 21.3 Å². The van der Waals surface area contributed by atoms with E-state index in [-0.39, 0.29) is 0 Å². The van der Waals surface area contributed by atoms with Crippen molar-refractivity contribution < 1.29 is 4.74 Å². The number of para-hydroxylation sites is 1. The third-order valence-electron chi connectivity index (χ3n) is 3.42. The summed E-state index contributed by atoms with van der Waals surface area (Å²) in [5.41, 5.74) is 3.67. The van der Waals surface area contributed by atoms with E-state index >= 15 is 0 Å². The number of hydrogen-bond acceptors (Lipinski definition) is 2. The van der Waals surface area contributed by atoms with E-state index in [9.17, 15) is 0 Å². The van der Waals surface area contributed by atoms with Gasteiger partial charge in [0.05, 0.1) is 0 Å². The number of benzene rings is 2. The van der Waals surface area contributed by atoms with Crippen molar-refractivity contribution in [3.63, 3.8) is 0 Å². The molecule has 3 heteroatoms. The van der Waals surface area contributed by atoms with Crippen molar-refractivity contribution in [1.29, 1.82) is 0 Å². The van der Waals surface area contributed by atoms with Crippen molar-refractivity contribution in [3.8, 4) is 5.75 Å². The van der Waals surface area contributed by atoms with E-state index in [2.05, 4.69) is 65.4 Å². The fourth-order valence-corrected chi connectivity index (χ4v) is 2.81. The molecule has 0 amide bonds. The van der Waals surface area contributed by atoms with Gasteiger partial charge >= 0.3 is 0 Å². The maximum atomic E-state index is 6.02. The molecule has 0 aliphatic carbocycles. The Bertz CT molecular complexity index is 596. The second kappa shape index (κ2) is 7.62. The van der Waals surface area contributed by atoms with Gasteiger partial charge in [-0.3, -0.25) is 0 Å². The molecule has 0 saturated carbocycles. The van der Waals surface area contributed by atoms with Crippen molar-refractivity contribution >= 4 is 15.9 Å². The molecule has 2 aromatic carbocycles. The second-order valence-corrected chi connectivity index (χ2v) is 6.29. The smallest absolute Gasteiger partial charge is 0.123 e. The summed E-state index contributed by atoms with van der Waals surface area (Å²) in [6.07, 6.45) is 0. The van der Waals surface area contributed by atoms with Gasteiger partial charge in [0.1, 0.15) is 12.4 Å². The molecule has 0 unspecified atom stereocenters. The first kappa shape index (κ1) is 16.1. The van der Waals surface area contributed by atoms with E-state index in [0.717, 1.165) is 22.3 Å². The zero-order valence-electron chi connectivity index (χ0n) is 12.8. The molecule has 2 aromatic rings. The molecular weight excluding hydrogens is 326 g/mol. The van der Waals surface area contributed by atoms with Crippen molar-refractivity contribution in [3.05, 3.63) is 63.6 Å². The van der Waals surface area contributed by atoms with Gasteiger partial charge in [-0.1, -0.05) is 60.1 Å². The van der Waals surface area contributed by atoms with Crippen LogP contribution in [0.15, 0.2) is 46.9 Å². The maximum absolute atomic E-state index is 6.02. The molecule has 0 aromatic heterocycles. The van der Waals surface area contributed by atoms with Crippen LogP contribution >= 0.6 is 15.9 Å². The van der Waals surface area contributed by atoms with Gasteiger partial charge in [0.2, 0.25) is 0 Å². The van der Waals surface area contributed by atoms with E-state index in [1.165, 1.54) is 11.1 Å². The fourth-order valence-electron chi connectivity index (χ4n) is 2.27. The molecule has 0 heterocycles. The van der Waals surface area contributed by atoms with E-state index in [1.54, 1.807) is 0 Å². The highest BCUT2D eigenvalue weighted by molar-refractivity contribution is 9.10. The van der Waals surface area contributed by atoms with Crippen molar-refractivity contribution in [2.45, 2.75) is 32.9 Å². The van der Waals surface area contributed by atoms with E-state index in [4.69, 9.17) is 4.74 Å². The quantitative estimate of drug-likeness (QED) is 0.804. The van der Waals surface area contributed by atoms with Crippen LogP contribution in [0.25, 0.3) is 0 Å². The van der Waals surface area contributed by atoms with Crippen LogP contribution in [0, 0.1) is 0 Å². The predicted molar refractivity (Wildman–Crippen MR) is 91.8 cm³/mol. The van der Waals surface area contributed by atoms with Crippen LogP contribution in [-0.4, -0.2) is 7.05 Å². The van der Waals surface area contributed by atoms with Gasteiger partial charge in [-0.15, -0.1) is 0 Å². The normalized spacial score (nSPS) is 10.9. The lowest BCUT2D eigenvalue weighted by Gasteiger charge is -2.15. The molecule has 0 aliphatic heterocycles. The van der Waals surface area contributed by atoms with Crippen molar-refractivity contribution in [1.82, 2.24) is 5.32 Å². The van der Waals surface area contributed by atoms with Gasteiger partial charge in [0, 0.05) is 16.6 Å². The lowest BCUT2D eigenvalue weighted by Crippen LogP contribution is -2.06. The molecule has 0 spiro atoms. The summed E-state index contributed by atoms with van der Waals surface area (Å²) in [5, 5.41) is 3.16. The maximum Gasteiger partial charge on any atom is 0.123 e. The minimum Gasteiger partial charge on any atom is -0.489 e. The summed E-state index contributed by atoms with van der Waals surface area (Å²) in [4.78, 5) is 0. The molecule has 0 bridgehead atoms. The Hall–Kier alpha value is -1.32. The largest absolute Gasteiger partial charge is 0.489 e. The fraction of sp³-hybridized carbons (Fsp3) is 0.333. The Morgan fingerprint density at radius 1 is 1.14 bits per heavy atom. The predicted octanol–water partition coefficient (Wildman–Crippen LogP) is 4.87. The zero-order valence-corrected chi connectivity index (χ0v) is 14.4. The Balaban J connectivity index is 2.10. The molecule has 2 rings (SSSR count). The lowest BCUT2D eigenvalue weighted by atomic mass is 10.0. The average molecular weight is 348 g/mol.